The maximum Gasteiger partial charge on any atom is 0.271 e. The lowest BCUT2D eigenvalue weighted by molar-refractivity contribution is 0.0374. The van der Waals surface area contributed by atoms with Crippen molar-refractivity contribution in [3.05, 3.63) is 28.2 Å². The molecule has 1 saturated heterocycles. The molecule has 0 spiro atoms. The highest BCUT2D eigenvalue weighted by Gasteiger charge is 2.11. The number of carbonyl (C=O) groups excluding carboxylic acids is 1. The van der Waals surface area contributed by atoms with Gasteiger partial charge in [0.1, 0.15) is 5.69 Å². The van der Waals surface area contributed by atoms with Crippen LogP contribution in [0.15, 0.2) is 16.9 Å². The fourth-order valence-electron chi connectivity index (χ4n) is 2.04. The van der Waals surface area contributed by atoms with Crippen molar-refractivity contribution >= 4 is 5.91 Å². The number of aromatic nitrogens is 2. The molecule has 1 aliphatic heterocycles. The van der Waals surface area contributed by atoms with E-state index in [0.717, 1.165) is 44.0 Å². The Morgan fingerprint density at radius 1 is 1.40 bits per heavy atom. The Kier molecular flexibility index (Phi) is 5.25. The van der Waals surface area contributed by atoms with Crippen LogP contribution >= 0.6 is 0 Å². The summed E-state index contributed by atoms with van der Waals surface area (Å²) >= 11 is 0. The van der Waals surface area contributed by atoms with Gasteiger partial charge in [-0.25, -0.2) is 4.68 Å². The van der Waals surface area contributed by atoms with Crippen LogP contribution in [-0.2, 0) is 11.8 Å². The number of morpholine rings is 1. The van der Waals surface area contributed by atoms with E-state index in [1.807, 2.05) is 0 Å². The number of rotatable bonds is 5. The molecule has 1 amide bonds. The standard InChI is InChI=1S/C13H20N4O3/c1-16-12(18)4-3-11(15-16)13(19)14-5-2-6-17-7-9-20-10-8-17/h3-4H,2,5-10H2,1H3,(H,14,19). The summed E-state index contributed by atoms with van der Waals surface area (Å²) in [6, 6.07) is 2.79. The molecular weight excluding hydrogens is 260 g/mol. The van der Waals surface area contributed by atoms with E-state index in [1.165, 1.54) is 19.2 Å². The fourth-order valence-corrected chi connectivity index (χ4v) is 2.04. The van der Waals surface area contributed by atoms with Crippen molar-refractivity contribution in [3.8, 4) is 0 Å². The SMILES string of the molecule is Cn1nc(C(=O)NCCCN2CCOCC2)ccc1=O. The van der Waals surface area contributed by atoms with Gasteiger partial charge in [0.2, 0.25) is 0 Å². The summed E-state index contributed by atoms with van der Waals surface area (Å²) < 4.78 is 6.43. The van der Waals surface area contributed by atoms with Gasteiger partial charge in [0, 0.05) is 32.7 Å². The van der Waals surface area contributed by atoms with E-state index in [9.17, 15) is 9.59 Å². The molecule has 110 valence electrons. The van der Waals surface area contributed by atoms with E-state index in [4.69, 9.17) is 4.74 Å². The number of nitrogens with one attached hydrogen (secondary N) is 1. The molecule has 20 heavy (non-hydrogen) atoms. The van der Waals surface area contributed by atoms with Crippen molar-refractivity contribution in [1.29, 1.82) is 0 Å². The summed E-state index contributed by atoms with van der Waals surface area (Å²) in [6.07, 6.45) is 0.886. The molecule has 1 aromatic rings. The summed E-state index contributed by atoms with van der Waals surface area (Å²) in [6.45, 7) is 5.03. The Labute approximate surface area is 117 Å². The summed E-state index contributed by atoms with van der Waals surface area (Å²) in [5, 5.41) is 6.72. The van der Waals surface area contributed by atoms with Crippen LogP contribution < -0.4 is 10.9 Å². The second kappa shape index (κ2) is 7.16. The lowest BCUT2D eigenvalue weighted by Crippen LogP contribution is -2.38. The predicted octanol–water partition coefficient (Wildman–Crippen LogP) is -0.768. The van der Waals surface area contributed by atoms with Gasteiger partial charge in [0.15, 0.2) is 0 Å². The third-order valence-corrected chi connectivity index (χ3v) is 3.23. The van der Waals surface area contributed by atoms with Crippen molar-refractivity contribution in [1.82, 2.24) is 20.0 Å². The molecule has 0 aromatic carbocycles. The van der Waals surface area contributed by atoms with Crippen LogP contribution in [-0.4, -0.2) is 60.0 Å². The van der Waals surface area contributed by atoms with Crippen LogP contribution in [0, 0.1) is 0 Å². The molecule has 2 rings (SSSR count). The average Bonchev–Trinajstić information content (AvgIpc) is 2.47. The number of hydrogen-bond donors (Lipinski definition) is 1. The number of nitrogens with zero attached hydrogens (tertiary/aromatic N) is 3. The van der Waals surface area contributed by atoms with Crippen molar-refractivity contribution < 1.29 is 9.53 Å². The van der Waals surface area contributed by atoms with Crippen molar-refractivity contribution in [2.24, 2.45) is 7.05 Å². The molecule has 7 nitrogen and oxygen atoms in total. The predicted molar refractivity (Wildman–Crippen MR) is 73.7 cm³/mol. The van der Waals surface area contributed by atoms with Crippen LogP contribution in [0.25, 0.3) is 0 Å². The minimum Gasteiger partial charge on any atom is -0.379 e. The van der Waals surface area contributed by atoms with E-state index >= 15 is 0 Å². The second-order valence-corrected chi connectivity index (χ2v) is 4.74. The fraction of sp³-hybridized carbons (Fsp3) is 0.615. The quantitative estimate of drug-likeness (QED) is 0.717. The summed E-state index contributed by atoms with van der Waals surface area (Å²) in [5.74, 6) is -0.248. The molecule has 0 unspecified atom stereocenters. The molecule has 1 fully saturated rings. The Bertz CT molecular complexity index is 509. The van der Waals surface area contributed by atoms with Gasteiger partial charge in [-0.15, -0.1) is 0 Å². The maximum absolute atomic E-state index is 11.8. The lowest BCUT2D eigenvalue weighted by atomic mass is 10.3. The molecule has 1 aromatic heterocycles. The van der Waals surface area contributed by atoms with E-state index in [-0.39, 0.29) is 17.2 Å². The number of aryl methyl sites for hydroxylation is 1. The minimum absolute atomic E-state index is 0.228. The number of hydrogen-bond acceptors (Lipinski definition) is 5. The molecule has 2 heterocycles. The first-order chi connectivity index (χ1) is 9.66. The average molecular weight is 280 g/mol. The molecule has 1 N–H and O–H groups in total. The van der Waals surface area contributed by atoms with Crippen LogP contribution in [0.1, 0.15) is 16.9 Å². The Hall–Kier alpha value is -1.73. The minimum atomic E-state index is -0.248. The molecule has 7 heteroatoms. The lowest BCUT2D eigenvalue weighted by Gasteiger charge is -2.26. The van der Waals surface area contributed by atoms with E-state index in [1.54, 1.807) is 0 Å². The van der Waals surface area contributed by atoms with Crippen LogP contribution in [0.2, 0.25) is 0 Å². The molecule has 0 radical (unpaired) electrons. The highest BCUT2D eigenvalue weighted by atomic mass is 16.5. The first kappa shape index (κ1) is 14.7. The Morgan fingerprint density at radius 3 is 2.85 bits per heavy atom. The van der Waals surface area contributed by atoms with Crippen molar-refractivity contribution in [2.75, 3.05) is 39.4 Å². The van der Waals surface area contributed by atoms with Gasteiger partial charge in [-0.2, -0.15) is 5.10 Å². The van der Waals surface area contributed by atoms with Gasteiger partial charge in [-0.3, -0.25) is 14.5 Å². The zero-order chi connectivity index (χ0) is 14.4. The topological polar surface area (TPSA) is 76.5 Å². The first-order valence-corrected chi connectivity index (χ1v) is 6.79. The zero-order valence-corrected chi connectivity index (χ0v) is 11.7. The smallest absolute Gasteiger partial charge is 0.271 e. The summed E-state index contributed by atoms with van der Waals surface area (Å²) in [5.41, 5.74) is 0.0346. The van der Waals surface area contributed by atoms with Gasteiger partial charge >= 0.3 is 0 Å². The first-order valence-electron chi connectivity index (χ1n) is 6.79. The summed E-state index contributed by atoms with van der Waals surface area (Å²) in [4.78, 5) is 25.3. The molecular formula is C13H20N4O3. The van der Waals surface area contributed by atoms with E-state index < -0.39 is 0 Å². The maximum atomic E-state index is 11.8. The highest BCUT2D eigenvalue weighted by molar-refractivity contribution is 5.91. The van der Waals surface area contributed by atoms with Crippen LogP contribution in [0.4, 0.5) is 0 Å². The Balaban J connectivity index is 1.71. The van der Waals surface area contributed by atoms with Crippen molar-refractivity contribution in [3.63, 3.8) is 0 Å². The molecule has 0 bridgehead atoms. The van der Waals surface area contributed by atoms with Gasteiger partial charge in [0.05, 0.1) is 13.2 Å². The molecule has 0 atom stereocenters. The van der Waals surface area contributed by atoms with Crippen LogP contribution in [0.3, 0.4) is 0 Å². The number of amides is 1. The second-order valence-electron chi connectivity index (χ2n) is 4.74. The zero-order valence-electron chi connectivity index (χ0n) is 11.7. The van der Waals surface area contributed by atoms with Crippen molar-refractivity contribution in [2.45, 2.75) is 6.42 Å². The van der Waals surface area contributed by atoms with E-state index in [0.29, 0.717) is 6.54 Å². The third kappa shape index (κ3) is 4.14. The van der Waals surface area contributed by atoms with Gasteiger partial charge in [0.25, 0.3) is 11.5 Å². The molecule has 0 aliphatic carbocycles. The van der Waals surface area contributed by atoms with Gasteiger partial charge < -0.3 is 10.1 Å². The van der Waals surface area contributed by atoms with Crippen LogP contribution in [0.5, 0.6) is 0 Å². The molecule has 0 saturated carbocycles. The highest BCUT2D eigenvalue weighted by Crippen LogP contribution is 1.97. The molecule has 1 aliphatic rings. The largest absolute Gasteiger partial charge is 0.379 e. The van der Waals surface area contributed by atoms with Gasteiger partial charge in [-0.05, 0) is 19.0 Å². The number of carbonyl (C=O) groups is 1. The number of ether oxygens (including phenoxy) is 1. The summed E-state index contributed by atoms with van der Waals surface area (Å²) in [7, 11) is 1.53. The third-order valence-electron chi connectivity index (χ3n) is 3.23. The van der Waals surface area contributed by atoms with E-state index in [2.05, 4.69) is 15.3 Å². The Morgan fingerprint density at radius 2 is 2.15 bits per heavy atom. The normalized spacial score (nSPS) is 16.1. The monoisotopic (exact) mass is 280 g/mol. The van der Waals surface area contributed by atoms with Gasteiger partial charge in [-0.1, -0.05) is 0 Å².